The summed E-state index contributed by atoms with van der Waals surface area (Å²) >= 11 is 1.64. The minimum Gasteiger partial charge on any atom is -0.490 e. The molecule has 0 bridgehead atoms. The van der Waals surface area contributed by atoms with Crippen LogP contribution in [0.15, 0.2) is 11.8 Å². The van der Waals surface area contributed by atoms with Gasteiger partial charge in [0.2, 0.25) is 5.78 Å². The predicted octanol–water partition coefficient (Wildman–Crippen LogP) is 2.00. The lowest BCUT2D eigenvalue weighted by Gasteiger charge is -2.12. The van der Waals surface area contributed by atoms with E-state index >= 15 is 0 Å². The smallest absolute Gasteiger partial charge is 0.206 e. The van der Waals surface area contributed by atoms with Gasteiger partial charge in [0, 0.05) is 0 Å². The Morgan fingerprint density at radius 3 is 3.17 bits per heavy atom. The highest BCUT2D eigenvalue weighted by atomic mass is 32.2. The third-order valence-corrected chi connectivity index (χ3v) is 2.52. The zero-order valence-corrected chi connectivity index (χ0v) is 8.15. The second-order valence-electron chi connectivity index (χ2n) is 2.62. The number of hydrogen-bond acceptors (Lipinski definition) is 3. The van der Waals surface area contributed by atoms with E-state index in [4.69, 9.17) is 4.74 Å². The molecule has 1 aliphatic heterocycles. The number of rotatable bonds is 4. The van der Waals surface area contributed by atoms with Gasteiger partial charge in [-0.25, -0.2) is 0 Å². The maximum Gasteiger partial charge on any atom is 0.206 e. The van der Waals surface area contributed by atoms with E-state index in [0.29, 0.717) is 18.1 Å². The molecule has 0 aromatic carbocycles. The Morgan fingerprint density at radius 2 is 2.58 bits per heavy atom. The molecule has 3 heteroatoms. The van der Waals surface area contributed by atoms with E-state index < -0.39 is 0 Å². The lowest BCUT2D eigenvalue weighted by molar-refractivity contribution is -0.116. The Hall–Kier alpha value is -0.440. The monoisotopic (exact) mass is 186 g/mol. The summed E-state index contributed by atoms with van der Waals surface area (Å²) in [5, 5.41) is 0. The van der Waals surface area contributed by atoms with E-state index in [1.807, 2.05) is 13.0 Å². The molecule has 1 rings (SSSR count). The Balaban J connectivity index is 2.35. The number of ketones is 1. The summed E-state index contributed by atoms with van der Waals surface area (Å²) < 4.78 is 5.24. The maximum atomic E-state index is 11.3. The highest BCUT2D eigenvalue weighted by molar-refractivity contribution is 7.99. The molecule has 0 saturated heterocycles. The normalized spacial score (nSPS) is 16.6. The fourth-order valence-corrected chi connectivity index (χ4v) is 1.55. The van der Waals surface area contributed by atoms with Crippen LogP contribution in [0.4, 0.5) is 0 Å². The summed E-state index contributed by atoms with van der Waals surface area (Å²) in [4.78, 5) is 11.3. The minimum atomic E-state index is 0.140. The summed E-state index contributed by atoms with van der Waals surface area (Å²) in [6.45, 7) is 2.75. The standard InChI is InChI=1S/C9H14O2S/c1-2-12-7-8(10)9-5-3-4-6-11-9/h5H,2-4,6-7H2,1H3. The van der Waals surface area contributed by atoms with Crippen LogP contribution in [0, 0.1) is 0 Å². The second-order valence-corrected chi connectivity index (χ2v) is 3.89. The molecule has 0 aromatic heterocycles. The molecule has 1 heterocycles. The molecule has 0 aliphatic carbocycles. The number of thioether (sulfide) groups is 1. The number of Topliss-reactive ketones (excluding diaryl/α,β-unsaturated/α-hetero) is 1. The molecular weight excluding hydrogens is 172 g/mol. The summed E-state index contributed by atoms with van der Waals surface area (Å²) in [6.07, 6.45) is 3.93. The SMILES string of the molecule is CCSCC(=O)C1=CCCCO1. The van der Waals surface area contributed by atoms with Gasteiger partial charge in [-0.05, 0) is 24.7 Å². The summed E-state index contributed by atoms with van der Waals surface area (Å²) in [5.74, 6) is 2.27. The number of allylic oxidation sites excluding steroid dienone is 2. The van der Waals surface area contributed by atoms with Gasteiger partial charge in [-0.1, -0.05) is 6.92 Å². The van der Waals surface area contributed by atoms with Crippen molar-refractivity contribution in [3.8, 4) is 0 Å². The van der Waals surface area contributed by atoms with Gasteiger partial charge in [0.15, 0.2) is 5.76 Å². The largest absolute Gasteiger partial charge is 0.490 e. The van der Waals surface area contributed by atoms with Gasteiger partial charge in [-0.15, -0.1) is 0 Å². The molecule has 2 nitrogen and oxygen atoms in total. The first-order valence-electron chi connectivity index (χ1n) is 4.28. The quantitative estimate of drug-likeness (QED) is 0.671. The van der Waals surface area contributed by atoms with Gasteiger partial charge in [-0.3, -0.25) is 4.79 Å². The van der Waals surface area contributed by atoms with Crippen LogP contribution in [0.2, 0.25) is 0 Å². The highest BCUT2D eigenvalue weighted by Crippen LogP contribution is 2.13. The topological polar surface area (TPSA) is 26.3 Å². The first-order valence-corrected chi connectivity index (χ1v) is 5.44. The average molecular weight is 186 g/mol. The Morgan fingerprint density at radius 1 is 1.75 bits per heavy atom. The number of carbonyl (C=O) groups excluding carboxylic acids is 1. The van der Waals surface area contributed by atoms with Crippen LogP contribution in [0.5, 0.6) is 0 Å². The van der Waals surface area contributed by atoms with E-state index in [0.717, 1.165) is 18.6 Å². The Bertz CT molecular complexity index is 187. The summed E-state index contributed by atoms with van der Waals surface area (Å²) in [6, 6.07) is 0. The molecule has 0 radical (unpaired) electrons. The molecule has 1 aliphatic rings. The van der Waals surface area contributed by atoms with E-state index in [-0.39, 0.29) is 5.78 Å². The first-order chi connectivity index (χ1) is 5.84. The number of hydrogen-bond donors (Lipinski definition) is 0. The molecule has 0 N–H and O–H groups in total. The van der Waals surface area contributed by atoms with Gasteiger partial charge in [-0.2, -0.15) is 11.8 Å². The van der Waals surface area contributed by atoms with Crippen LogP contribution in [0.3, 0.4) is 0 Å². The van der Waals surface area contributed by atoms with Crippen molar-refractivity contribution in [1.29, 1.82) is 0 Å². The fraction of sp³-hybridized carbons (Fsp3) is 0.667. The van der Waals surface area contributed by atoms with Crippen molar-refractivity contribution in [1.82, 2.24) is 0 Å². The van der Waals surface area contributed by atoms with Crippen LogP contribution >= 0.6 is 11.8 Å². The molecule has 0 saturated carbocycles. The van der Waals surface area contributed by atoms with Gasteiger partial charge < -0.3 is 4.74 Å². The zero-order chi connectivity index (χ0) is 8.81. The average Bonchev–Trinajstić information content (AvgIpc) is 2.15. The molecule has 0 fully saturated rings. The molecule has 12 heavy (non-hydrogen) atoms. The van der Waals surface area contributed by atoms with E-state index in [1.54, 1.807) is 11.8 Å². The van der Waals surface area contributed by atoms with E-state index in [1.165, 1.54) is 0 Å². The molecule has 0 amide bonds. The second kappa shape index (κ2) is 5.25. The summed E-state index contributed by atoms with van der Waals surface area (Å²) in [7, 11) is 0. The van der Waals surface area contributed by atoms with Crippen molar-refractivity contribution in [3.05, 3.63) is 11.8 Å². The first kappa shape index (κ1) is 9.65. The molecule has 0 spiro atoms. The molecular formula is C9H14O2S. The lowest BCUT2D eigenvalue weighted by atomic mass is 10.2. The predicted molar refractivity (Wildman–Crippen MR) is 51.3 cm³/mol. The molecule has 0 atom stereocenters. The van der Waals surface area contributed by atoms with Gasteiger partial charge in [0.05, 0.1) is 12.4 Å². The van der Waals surface area contributed by atoms with E-state index in [9.17, 15) is 4.79 Å². The third-order valence-electron chi connectivity index (χ3n) is 1.65. The zero-order valence-electron chi connectivity index (χ0n) is 7.34. The van der Waals surface area contributed by atoms with E-state index in [2.05, 4.69) is 0 Å². The van der Waals surface area contributed by atoms with Crippen LogP contribution in [-0.4, -0.2) is 23.9 Å². The van der Waals surface area contributed by atoms with Gasteiger partial charge in [0.1, 0.15) is 0 Å². The van der Waals surface area contributed by atoms with Crippen molar-refractivity contribution in [2.75, 3.05) is 18.1 Å². The van der Waals surface area contributed by atoms with Gasteiger partial charge >= 0.3 is 0 Å². The van der Waals surface area contributed by atoms with Crippen molar-refractivity contribution in [3.63, 3.8) is 0 Å². The van der Waals surface area contributed by atoms with Crippen molar-refractivity contribution >= 4 is 17.5 Å². The Kier molecular flexibility index (Phi) is 4.22. The van der Waals surface area contributed by atoms with Crippen LogP contribution < -0.4 is 0 Å². The lowest BCUT2D eigenvalue weighted by Crippen LogP contribution is -2.12. The van der Waals surface area contributed by atoms with Crippen molar-refractivity contribution < 1.29 is 9.53 Å². The van der Waals surface area contributed by atoms with Crippen LogP contribution in [0.25, 0.3) is 0 Å². The number of carbonyl (C=O) groups is 1. The molecule has 0 unspecified atom stereocenters. The highest BCUT2D eigenvalue weighted by Gasteiger charge is 2.12. The van der Waals surface area contributed by atoms with Gasteiger partial charge in [0.25, 0.3) is 0 Å². The molecule has 0 aromatic rings. The minimum absolute atomic E-state index is 0.140. The van der Waals surface area contributed by atoms with Crippen LogP contribution in [-0.2, 0) is 9.53 Å². The fourth-order valence-electron chi connectivity index (χ4n) is 1.02. The van der Waals surface area contributed by atoms with Crippen LogP contribution in [0.1, 0.15) is 19.8 Å². The summed E-state index contributed by atoms with van der Waals surface area (Å²) in [5.41, 5.74) is 0. The maximum absolute atomic E-state index is 11.3. The van der Waals surface area contributed by atoms with Crippen molar-refractivity contribution in [2.45, 2.75) is 19.8 Å². The third kappa shape index (κ3) is 2.89. The number of ether oxygens (including phenoxy) is 1. The Labute approximate surface area is 77.4 Å². The van der Waals surface area contributed by atoms with Crippen molar-refractivity contribution in [2.24, 2.45) is 0 Å². The molecule has 68 valence electrons.